The molecule has 0 aliphatic carbocycles. The molecule has 2 aliphatic rings. The maximum absolute atomic E-state index is 13.7. The first-order valence-corrected chi connectivity index (χ1v) is 10.0. The number of carbonyl (C=O) groups excluding carboxylic acids is 1. The molecule has 29 heavy (non-hydrogen) atoms. The summed E-state index contributed by atoms with van der Waals surface area (Å²) >= 11 is 0. The summed E-state index contributed by atoms with van der Waals surface area (Å²) in [6, 6.07) is 10.4. The third kappa shape index (κ3) is 3.91. The fourth-order valence-corrected chi connectivity index (χ4v) is 4.02. The number of aliphatic hydroxyl groups is 1. The van der Waals surface area contributed by atoms with Crippen molar-refractivity contribution in [3.63, 3.8) is 0 Å². The van der Waals surface area contributed by atoms with Gasteiger partial charge in [0.2, 0.25) is 0 Å². The second kappa shape index (κ2) is 8.35. The van der Waals surface area contributed by atoms with Gasteiger partial charge in [0.1, 0.15) is 18.2 Å². The third-order valence-electron chi connectivity index (χ3n) is 5.41. The summed E-state index contributed by atoms with van der Waals surface area (Å²) in [4.78, 5) is 14.8. The van der Waals surface area contributed by atoms with E-state index in [1.165, 1.54) is 17.7 Å². The number of rotatable bonds is 7. The summed E-state index contributed by atoms with van der Waals surface area (Å²) in [7, 11) is 0. The quantitative estimate of drug-likeness (QED) is 0.704. The van der Waals surface area contributed by atoms with Crippen LogP contribution in [0.4, 0.5) is 10.1 Å². The Bertz CT molecular complexity index is 965. The number of hydrogen-bond donors (Lipinski definition) is 2. The Hall–Kier alpha value is -2.70. The van der Waals surface area contributed by atoms with E-state index in [0.29, 0.717) is 35.7 Å². The molecular formula is C23H25FN2O3. The summed E-state index contributed by atoms with van der Waals surface area (Å²) in [5.41, 5.74) is 4.65. The molecule has 2 aromatic carbocycles. The average molecular weight is 396 g/mol. The van der Waals surface area contributed by atoms with Crippen LogP contribution in [0.2, 0.25) is 0 Å². The summed E-state index contributed by atoms with van der Waals surface area (Å²) in [5, 5.41) is 12.0. The standard InChI is InChI=1S/C23H25FN2O3/c1-2-8-26(10-11-27)9-7-15-3-5-18-16(12-15)14-29-22(18)21-19-13-17(24)4-6-20(19)25-23(21)28/h3-6,12-13,27H,2,7-11,14H2,1H3,(H,25,28)/b22-21+. The maximum Gasteiger partial charge on any atom is 0.260 e. The van der Waals surface area contributed by atoms with E-state index in [-0.39, 0.29) is 18.3 Å². The van der Waals surface area contributed by atoms with Crippen LogP contribution in [-0.2, 0) is 22.6 Å². The number of nitrogens with one attached hydrogen (secondary N) is 1. The van der Waals surface area contributed by atoms with Gasteiger partial charge in [-0.25, -0.2) is 4.39 Å². The van der Waals surface area contributed by atoms with Crippen LogP contribution in [0.5, 0.6) is 0 Å². The fourth-order valence-electron chi connectivity index (χ4n) is 4.02. The van der Waals surface area contributed by atoms with Gasteiger partial charge in [-0.1, -0.05) is 25.1 Å². The molecule has 0 saturated heterocycles. The Labute approximate surface area is 169 Å². The topological polar surface area (TPSA) is 61.8 Å². The SMILES string of the molecule is CCCN(CCO)CCc1ccc2c(c1)CO/C2=C1/C(=O)Nc2ccc(F)cc21. The van der Waals surface area contributed by atoms with Crippen molar-refractivity contribution in [3.8, 4) is 0 Å². The number of fused-ring (bicyclic) bond motifs is 2. The molecule has 2 N–H and O–H groups in total. The Morgan fingerprint density at radius 3 is 2.79 bits per heavy atom. The molecule has 0 saturated carbocycles. The molecule has 5 nitrogen and oxygen atoms in total. The molecule has 4 rings (SSSR count). The van der Waals surface area contributed by atoms with Gasteiger partial charge in [-0.15, -0.1) is 0 Å². The van der Waals surface area contributed by atoms with Gasteiger partial charge in [0.05, 0.1) is 12.2 Å². The molecule has 152 valence electrons. The van der Waals surface area contributed by atoms with Gasteiger partial charge < -0.3 is 20.1 Å². The molecule has 0 bridgehead atoms. The van der Waals surface area contributed by atoms with Crippen molar-refractivity contribution in [2.24, 2.45) is 0 Å². The first kappa shape index (κ1) is 19.6. The van der Waals surface area contributed by atoms with Crippen molar-refractivity contribution in [2.45, 2.75) is 26.4 Å². The molecule has 6 heteroatoms. The number of hydrogen-bond acceptors (Lipinski definition) is 4. The van der Waals surface area contributed by atoms with Gasteiger partial charge in [-0.2, -0.15) is 0 Å². The highest BCUT2D eigenvalue weighted by Gasteiger charge is 2.32. The lowest BCUT2D eigenvalue weighted by Gasteiger charge is -2.20. The second-order valence-electron chi connectivity index (χ2n) is 7.44. The first-order chi connectivity index (χ1) is 14.1. The van der Waals surface area contributed by atoms with Gasteiger partial charge in [-0.05, 0) is 43.1 Å². The van der Waals surface area contributed by atoms with E-state index in [1.807, 2.05) is 6.07 Å². The van der Waals surface area contributed by atoms with Crippen molar-refractivity contribution >= 4 is 22.9 Å². The largest absolute Gasteiger partial charge is 0.487 e. The molecule has 1 amide bonds. The predicted molar refractivity (Wildman–Crippen MR) is 111 cm³/mol. The first-order valence-electron chi connectivity index (χ1n) is 10.0. The molecular weight excluding hydrogens is 371 g/mol. The zero-order chi connectivity index (χ0) is 20.4. The number of nitrogens with zero attached hydrogens (tertiary/aromatic N) is 1. The zero-order valence-corrected chi connectivity index (χ0v) is 16.5. The predicted octanol–water partition coefficient (Wildman–Crippen LogP) is 3.42. The van der Waals surface area contributed by atoms with E-state index in [1.54, 1.807) is 6.07 Å². The average Bonchev–Trinajstić information content (AvgIpc) is 3.25. The van der Waals surface area contributed by atoms with Gasteiger partial charge in [0.15, 0.2) is 0 Å². The van der Waals surface area contributed by atoms with Crippen molar-refractivity contribution in [3.05, 3.63) is 64.5 Å². The lowest BCUT2D eigenvalue weighted by atomic mass is 9.98. The van der Waals surface area contributed by atoms with Crippen LogP contribution in [-0.4, -0.2) is 42.2 Å². The van der Waals surface area contributed by atoms with Crippen molar-refractivity contribution in [2.75, 3.05) is 31.6 Å². The summed E-state index contributed by atoms with van der Waals surface area (Å²) in [5.74, 6) is -0.135. The maximum atomic E-state index is 13.7. The van der Waals surface area contributed by atoms with E-state index >= 15 is 0 Å². The van der Waals surface area contributed by atoms with Gasteiger partial charge in [-0.3, -0.25) is 4.79 Å². The zero-order valence-electron chi connectivity index (χ0n) is 16.5. The minimum absolute atomic E-state index is 0.166. The number of ether oxygens (including phenoxy) is 1. The molecule has 0 radical (unpaired) electrons. The summed E-state index contributed by atoms with van der Waals surface area (Å²) < 4.78 is 19.6. The highest BCUT2D eigenvalue weighted by molar-refractivity contribution is 6.36. The highest BCUT2D eigenvalue weighted by Crippen LogP contribution is 2.41. The number of aliphatic hydroxyl groups excluding tert-OH is 1. The minimum Gasteiger partial charge on any atom is -0.487 e. The van der Waals surface area contributed by atoms with Gasteiger partial charge in [0.25, 0.3) is 5.91 Å². The Kier molecular flexibility index (Phi) is 5.65. The monoisotopic (exact) mass is 396 g/mol. The van der Waals surface area contributed by atoms with Crippen LogP contribution in [0.15, 0.2) is 36.4 Å². The molecule has 2 aromatic rings. The Morgan fingerprint density at radius 2 is 2.00 bits per heavy atom. The fraction of sp³-hybridized carbons (Fsp3) is 0.348. The van der Waals surface area contributed by atoms with E-state index in [4.69, 9.17) is 4.74 Å². The van der Waals surface area contributed by atoms with Crippen LogP contribution in [0.1, 0.15) is 35.6 Å². The van der Waals surface area contributed by atoms with Crippen LogP contribution in [0, 0.1) is 5.82 Å². The van der Waals surface area contributed by atoms with E-state index in [9.17, 15) is 14.3 Å². The Balaban J connectivity index is 1.59. The number of carbonyl (C=O) groups is 1. The van der Waals surface area contributed by atoms with E-state index in [0.717, 1.165) is 37.1 Å². The lowest BCUT2D eigenvalue weighted by Crippen LogP contribution is -2.29. The van der Waals surface area contributed by atoms with Gasteiger partial charge >= 0.3 is 0 Å². The number of benzene rings is 2. The van der Waals surface area contributed by atoms with Gasteiger partial charge in [0, 0.05) is 35.5 Å². The lowest BCUT2D eigenvalue weighted by molar-refractivity contribution is -0.110. The van der Waals surface area contributed by atoms with E-state index < -0.39 is 0 Å². The normalized spacial score (nSPS) is 17.3. The number of anilines is 1. The molecule has 0 atom stereocenters. The van der Waals surface area contributed by atoms with Crippen LogP contribution < -0.4 is 5.32 Å². The van der Waals surface area contributed by atoms with Crippen molar-refractivity contribution in [1.29, 1.82) is 0 Å². The third-order valence-corrected chi connectivity index (χ3v) is 5.41. The highest BCUT2D eigenvalue weighted by atomic mass is 19.1. The molecule has 2 heterocycles. The van der Waals surface area contributed by atoms with Crippen molar-refractivity contribution < 1.29 is 19.0 Å². The van der Waals surface area contributed by atoms with Crippen LogP contribution >= 0.6 is 0 Å². The molecule has 0 spiro atoms. The van der Waals surface area contributed by atoms with Crippen molar-refractivity contribution in [1.82, 2.24) is 4.90 Å². The second-order valence-corrected chi connectivity index (χ2v) is 7.44. The van der Waals surface area contributed by atoms with E-state index in [2.05, 4.69) is 29.3 Å². The van der Waals surface area contributed by atoms with Crippen LogP contribution in [0.3, 0.4) is 0 Å². The molecule has 2 aliphatic heterocycles. The molecule has 0 aromatic heterocycles. The molecule has 0 fully saturated rings. The minimum atomic E-state index is -0.383. The molecule has 0 unspecified atom stereocenters. The van der Waals surface area contributed by atoms with Crippen LogP contribution in [0.25, 0.3) is 11.3 Å². The number of halogens is 1. The smallest absolute Gasteiger partial charge is 0.260 e. The summed E-state index contributed by atoms with van der Waals surface area (Å²) in [6.45, 7) is 5.24. The Morgan fingerprint density at radius 1 is 1.14 bits per heavy atom. The number of amides is 1. The summed E-state index contributed by atoms with van der Waals surface area (Å²) in [6.07, 6.45) is 1.94.